The van der Waals surface area contributed by atoms with Crippen LogP contribution < -0.4 is 10.2 Å². The number of benzene rings is 2. The summed E-state index contributed by atoms with van der Waals surface area (Å²) in [4.78, 5) is 13.7. The highest BCUT2D eigenvalue weighted by molar-refractivity contribution is 6.02. The van der Waals surface area contributed by atoms with Gasteiger partial charge in [-0.05, 0) is 45.6 Å². The highest BCUT2D eigenvalue weighted by atomic mass is 16.5. The molecule has 0 saturated carbocycles. The van der Waals surface area contributed by atoms with E-state index in [4.69, 9.17) is 9.15 Å². The normalized spacial score (nSPS) is 14.6. The van der Waals surface area contributed by atoms with Crippen LogP contribution in [0.5, 0.6) is 23.0 Å². The fourth-order valence-electron chi connectivity index (χ4n) is 4.35. The highest BCUT2D eigenvalue weighted by Crippen LogP contribution is 2.47. The number of rotatable bonds is 6. The van der Waals surface area contributed by atoms with Crippen LogP contribution in [0.2, 0.25) is 0 Å². The summed E-state index contributed by atoms with van der Waals surface area (Å²) in [6, 6.07) is 1.20. The lowest BCUT2D eigenvalue weighted by molar-refractivity contribution is 0.153. The van der Waals surface area contributed by atoms with Crippen LogP contribution in [-0.4, -0.2) is 20.9 Å². The van der Waals surface area contributed by atoms with Crippen LogP contribution >= 0.6 is 0 Å². The molecule has 6 nitrogen and oxygen atoms in total. The van der Waals surface area contributed by atoms with Crippen LogP contribution in [0.4, 0.5) is 0 Å². The van der Waals surface area contributed by atoms with Gasteiger partial charge in [-0.3, -0.25) is 4.79 Å². The molecule has 0 saturated heterocycles. The van der Waals surface area contributed by atoms with Gasteiger partial charge in [0.25, 0.3) is 0 Å². The number of unbranched alkanes of at least 4 members (excludes halogenated alkanes) is 2. The number of phenolic OH excluding ortho intramolecular Hbond substituents is 3. The lowest BCUT2D eigenvalue weighted by Crippen LogP contribution is -2.28. The molecule has 0 bridgehead atoms. The number of fused-ring (bicyclic) bond motifs is 4. The second kappa shape index (κ2) is 8.08. The fourth-order valence-corrected chi connectivity index (χ4v) is 4.35. The van der Waals surface area contributed by atoms with E-state index in [0.29, 0.717) is 29.5 Å². The molecule has 2 heterocycles. The van der Waals surface area contributed by atoms with Crippen molar-refractivity contribution < 1.29 is 24.5 Å². The Morgan fingerprint density at radius 3 is 2.19 bits per heavy atom. The highest BCUT2D eigenvalue weighted by Gasteiger charge is 2.31. The van der Waals surface area contributed by atoms with Gasteiger partial charge in [0, 0.05) is 22.8 Å². The Labute approximate surface area is 186 Å². The maximum Gasteiger partial charge on any atom is 0.205 e. The summed E-state index contributed by atoms with van der Waals surface area (Å²) < 4.78 is 12.3. The van der Waals surface area contributed by atoms with Crippen LogP contribution in [0.3, 0.4) is 0 Å². The first kappa shape index (κ1) is 22.1. The van der Waals surface area contributed by atoms with E-state index in [0.717, 1.165) is 25.7 Å². The Hall–Kier alpha value is -3.15. The third-order valence-electron chi connectivity index (χ3n) is 6.09. The Kier molecular flexibility index (Phi) is 5.57. The van der Waals surface area contributed by atoms with Gasteiger partial charge in [-0.1, -0.05) is 32.8 Å². The van der Waals surface area contributed by atoms with Gasteiger partial charge >= 0.3 is 0 Å². The van der Waals surface area contributed by atoms with E-state index in [-0.39, 0.29) is 44.9 Å². The maximum atomic E-state index is 13.7. The molecule has 3 N–H and O–H groups in total. The van der Waals surface area contributed by atoms with Gasteiger partial charge in [0.05, 0.1) is 5.39 Å². The van der Waals surface area contributed by atoms with Crippen molar-refractivity contribution >= 4 is 28.0 Å². The van der Waals surface area contributed by atoms with E-state index >= 15 is 0 Å². The van der Waals surface area contributed by atoms with E-state index < -0.39 is 11.0 Å². The molecular weight excluding hydrogens is 408 g/mol. The van der Waals surface area contributed by atoms with Crippen LogP contribution in [0.15, 0.2) is 21.4 Å². The zero-order chi connectivity index (χ0) is 23.2. The van der Waals surface area contributed by atoms with E-state index in [1.807, 2.05) is 33.8 Å². The number of phenols is 3. The summed E-state index contributed by atoms with van der Waals surface area (Å²) in [5.74, 6) is -0.202. The van der Waals surface area contributed by atoms with Gasteiger partial charge in [0.1, 0.15) is 33.7 Å². The van der Waals surface area contributed by atoms with Gasteiger partial charge in [-0.25, -0.2) is 0 Å². The third-order valence-corrected chi connectivity index (χ3v) is 6.09. The Bertz CT molecular complexity index is 1300. The molecular formula is C26H30O6. The van der Waals surface area contributed by atoms with Gasteiger partial charge in [0.15, 0.2) is 11.5 Å². The molecule has 1 aliphatic heterocycles. The molecule has 0 amide bonds. The molecule has 1 aliphatic rings. The topological polar surface area (TPSA) is 100 Å². The molecule has 1 aromatic heterocycles. The zero-order valence-corrected chi connectivity index (χ0v) is 19.0. The van der Waals surface area contributed by atoms with Gasteiger partial charge in [-0.2, -0.15) is 0 Å². The van der Waals surface area contributed by atoms with E-state index in [1.54, 1.807) is 6.08 Å². The molecule has 6 heteroatoms. The molecule has 2 aromatic carbocycles. The van der Waals surface area contributed by atoms with Gasteiger partial charge < -0.3 is 24.5 Å². The first-order valence-corrected chi connectivity index (χ1v) is 11.3. The minimum absolute atomic E-state index is 0.0274. The smallest absolute Gasteiger partial charge is 0.205 e. The number of aromatic hydroxyl groups is 3. The molecule has 0 fully saturated rings. The van der Waals surface area contributed by atoms with E-state index in [9.17, 15) is 20.1 Å². The first-order chi connectivity index (χ1) is 15.2. The van der Waals surface area contributed by atoms with Crippen molar-refractivity contribution in [3.63, 3.8) is 0 Å². The van der Waals surface area contributed by atoms with Crippen molar-refractivity contribution in [3.8, 4) is 23.0 Å². The molecule has 0 aliphatic carbocycles. The number of hydrogen-bond donors (Lipinski definition) is 3. The van der Waals surface area contributed by atoms with Crippen LogP contribution in [0.25, 0.3) is 28.0 Å². The number of hydrogen-bond acceptors (Lipinski definition) is 6. The van der Waals surface area contributed by atoms with Crippen molar-refractivity contribution in [2.24, 2.45) is 0 Å². The summed E-state index contributed by atoms with van der Waals surface area (Å²) in [5, 5.41) is 32.5. The molecule has 0 radical (unpaired) electrons. The average molecular weight is 439 g/mol. The van der Waals surface area contributed by atoms with Gasteiger partial charge in [0.2, 0.25) is 5.43 Å². The van der Waals surface area contributed by atoms with E-state index in [2.05, 4.69) is 0 Å². The largest absolute Gasteiger partial charge is 0.507 e. The van der Waals surface area contributed by atoms with Crippen LogP contribution in [-0.2, 0) is 12.8 Å². The maximum absolute atomic E-state index is 13.7. The summed E-state index contributed by atoms with van der Waals surface area (Å²) in [5.41, 5.74) is 0.849. The summed E-state index contributed by atoms with van der Waals surface area (Å²) in [6.45, 7) is 7.83. The standard InChI is InChI=1S/C26H30O6/c1-5-7-9-14-17(27)13-18(28)20-22(30)19-15-11-12-26(3,4)32-25(15)21(29)16(10-8-6-2)24(19)31-23(14)20/h11-13,27-29H,5-10H2,1-4H3. The predicted molar refractivity (Wildman–Crippen MR) is 126 cm³/mol. The molecule has 3 aromatic rings. The second-order valence-corrected chi connectivity index (χ2v) is 9.05. The van der Waals surface area contributed by atoms with Crippen LogP contribution in [0.1, 0.15) is 70.1 Å². The summed E-state index contributed by atoms with van der Waals surface area (Å²) in [7, 11) is 0. The lowest BCUT2D eigenvalue weighted by atomic mass is 9.93. The molecule has 32 heavy (non-hydrogen) atoms. The van der Waals surface area contributed by atoms with E-state index in [1.165, 1.54) is 6.07 Å². The Balaban J connectivity index is 2.18. The second-order valence-electron chi connectivity index (χ2n) is 9.05. The quantitative estimate of drug-likeness (QED) is 0.412. The summed E-state index contributed by atoms with van der Waals surface area (Å²) in [6.07, 6.45) is 7.97. The lowest BCUT2D eigenvalue weighted by Gasteiger charge is -2.29. The Morgan fingerprint density at radius 2 is 1.53 bits per heavy atom. The summed E-state index contributed by atoms with van der Waals surface area (Å²) >= 11 is 0. The first-order valence-electron chi connectivity index (χ1n) is 11.3. The molecule has 170 valence electrons. The monoisotopic (exact) mass is 438 g/mol. The van der Waals surface area contributed by atoms with Crippen molar-refractivity contribution in [1.82, 2.24) is 0 Å². The Morgan fingerprint density at radius 1 is 0.906 bits per heavy atom. The van der Waals surface area contributed by atoms with Crippen molar-refractivity contribution in [2.45, 2.75) is 71.8 Å². The van der Waals surface area contributed by atoms with Crippen molar-refractivity contribution in [1.29, 1.82) is 0 Å². The fraction of sp³-hybridized carbons (Fsp3) is 0.423. The molecule has 0 spiro atoms. The SMILES string of the molecule is CCCCc1c(O)cc(O)c2c(=O)c3c4c(c(O)c(CCCC)c3oc12)OC(C)(C)C=C4. The van der Waals surface area contributed by atoms with Crippen molar-refractivity contribution in [3.05, 3.63) is 39.1 Å². The number of aryl methyl sites for hydroxylation is 2. The predicted octanol–water partition coefficient (Wildman–Crippen LogP) is 5.93. The molecule has 4 rings (SSSR count). The molecule has 0 atom stereocenters. The van der Waals surface area contributed by atoms with Crippen molar-refractivity contribution in [2.75, 3.05) is 0 Å². The zero-order valence-electron chi connectivity index (χ0n) is 19.0. The third kappa shape index (κ3) is 3.48. The van der Waals surface area contributed by atoms with Gasteiger partial charge in [-0.15, -0.1) is 0 Å². The minimum atomic E-state index is -0.640. The molecule has 0 unspecified atom stereocenters. The average Bonchev–Trinajstić information content (AvgIpc) is 2.73. The van der Waals surface area contributed by atoms with Crippen LogP contribution in [0, 0.1) is 0 Å². The number of ether oxygens (including phenoxy) is 1. The minimum Gasteiger partial charge on any atom is -0.507 e.